The van der Waals surface area contributed by atoms with Crippen molar-refractivity contribution in [2.24, 2.45) is 0 Å². The Kier molecular flexibility index (Phi) is 4.74. The largest absolute Gasteiger partial charge is 0.346 e. The van der Waals surface area contributed by atoms with Gasteiger partial charge in [0.15, 0.2) is 0 Å². The molecule has 0 aliphatic heterocycles. The topological polar surface area (TPSA) is 17.0 Å². The molecule has 2 nitrogen and oxygen atoms in total. The van der Waals surface area contributed by atoms with Gasteiger partial charge in [0.25, 0.3) is 0 Å². The summed E-state index contributed by atoms with van der Waals surface area (Å²) in [5.41, 5.74) is 2.22. The Labute approximate surface area is 114 Å². The Hall–Kier alpha value is -1.61. The van der Waals surface area contributed by atoms with Crippen LogP contribution in [0.4, 0.5) is 4.39 Å². The van der Waals surface area contributed by atoms with Gasteiger partial charge in [0, 0.05) is 24.5 Å². The summed E-state index contributed by atoms with van der Waals surface area (Å²) in [5, 5.41) is 3.48. The standard InChI is InChI=1S/C16H21FN2/c1-3-9-18-13(2)16-8-5-10-19(16)12-14-6-4-7-15(17)11-14/h4-8,10-11,13,18H,3,9,12H2,1-2H3. The molecule has 1 heterocycles. The maximum Gasteiger partial charge on any atom is 0.123 e. The van der Waals surface area contributed by atoms with E-state index in [1.165, 1.54) is 11.8 Å². The van der Waals surface area contributed by atoms with Gasteiger partial charge in [-0.15, -0.1) is 0 Å². The number of aromatic nitrogens is 1. The molecule has 1 atom stereocenters. The maximum atomic E-state index is 13.2. The van der Waals surface area contributed by atoms with Crippen molar-refractivity contribution in [1.29, 1.82) is 0 Å². The quantitative estimate of drug-likeness (QED) is 0.837. The molecule has 102 valence electrons. The summed E-state index contributed by atoms with van der Waals surface area (Å²) in [6.07, 6.45) is 3.17. The molecule has 1 aromatic heterocycles. The van der Waals surface area contributed by atoms with E-state index in [2.05, 4.69) is 29.8 Å². The summed E-state index contributed by atoms with van der Waals surface area (Å²) in [7, 11) is 0. The molecular weight excluding hydrogens is 239 g/mol. The van der Waals surface area contributed by atoms with Crippen molar-refractivity contribution < 1.29 is 4.39 Å². The zero-order chi connectivity index (χ0) is 13.7. The third kappa shape index (κ3) is 3.67. The summed E-state index contributed by atoms with van der Waals surface area (Å²) in [4.78, 5) is 0. The van der Waals surface area contributed by atoms with Gasteiger partial charge >= 0.3 is 0 Å². The van der Waals surface area contributed by atoms with E-state index < -0.39 is 0 Å². The Morgan fingerprint density at radius 3 is 2.84 bits per heavy atom. The monoisotopic (exact) mass is 260 g/mol. The number of nitrogens with one attached hydrogen (secondary N) is 1. The average Bonchev–Trinajstić information content (AvgIpc) is 2.84. The van der Waals surface area contributed by atoms with Crippen molar-refractivity contribution in [3.05, 3.63) is 59.7 Å². The number of benzene rings is 1. The molecule has 2 rings (SSSR count). The van der Waals surface area contributed by atoms with Crippen LogP contribution in [0.1, 0.15) is 37.6 Å². The van der Waals surface area contributed by atoms with Crippen LogP contribution in [0.15, 0.2) is 42.6 Å². The first-order valence-corrected chi connectivity index (χ1v) is 6.83. The Balaban J connectivity index is 2.11. The van der Waals surface area contributed by atoms with Crippen LogP contribution >= 0.6 is 0 Å². The highest BCUT2D eigenvalue weighted by Crippen LogP contribution is 2.16. The number of hydrogen-bond acceptors (Lipinski definition) is 1. The van der Waals surface area contributed by atoms with Crippen LogP contribution < -0.4 is 5.32 Å². The molecule has 0 saturated heterocycles. The number of rotatable bonds is 6. The van der Waals surface area contributed by atoms with E-state index in [0.717, 1.165) is 18.5 Å². The van der Waals surface area contributed by atoms with Crippen LogP contribution in [0.3, 0.4) is 0 Å². The van der Waals surface area contributed by atoms with Crippen molar-refractivity contribution >= 4 is 0 Å². The van der Waals surface area contributed by atoms with Gasteiger partial charge in [-0.05, 0) is 49.7 Å². The number of halogens is 1. The lowest BCUT2D eigenvalue weighted by Gasteiger charge is -2.17. The third-order valence-electron chi connectivity index (χ3n) is 3.25. The zero-order valence-electron chi connectivity index (χ0n) is 11.6. The van der Waals surface area contributed by atoms with Crippen LogP contribution in [-0.4, -0.2) is 11.1 Å². The Morgan fingerprint density at radius 2 is 2.11 bits per heavy atom. The highest BCUT2D eigenvalue weighted by molar-refractivity contribution is 5.19. The second-order valence-corrected chi connectivity index (χ2v) is 4.87. The van der Waals surface area contributed by atoms with Gasteiger partial charge in [-0.25, -0.2) is 4.39 Å². The van der Waals surface area contributed by atoms with Gasteiger partial charge < -0.3 is 9.88 Å². The van der Waals surface area contributed by atoms with E-state index >= 15 is 0 Å². The van der Waals surface area contributed by atoms with Crippen molar-refractivity contribution in [3.8, 4) is 0 Å². The first-order valence-electron chi connectivity index (χ1n) is 6.83. The van der Waals surface area contributed by atoms with Crippen LogP contribution in [0.5, 0.6) is 0 Å². The molecule has 0 saturated carbocycles. The molecule has 0 aliphatic rings. The first-order chi connectivity index (χ1) is 9.20. The SMILES string of the molecule is CCCNC(C)c1cccn1Cc1cccc(F)c1. The third-order valence-corrected chi connectivity index (χ3v) is 3.25. The van der Waals surface area contributed by atoms with Gasteiger partial charge in [-0.1, -0.05) is 19.1 Å². The van der Waals surface area contributed by atoms with E-state index in [0.29, 0.717) is 12.6 Å². The van der Waals surface area contributed by atoms with Crippen LogP contribution in [0.2, 0.25) is 0 Å². The molecule has 1 aromatic carbocycles. The smallest absolute Gasteiger partial charge is 0.123 e. The molecule has 0 spiro atoms. The Bertz CT molecular complexity index is 519. The minimum atomic E-state index is -0.177. The lowest BCUT2D eigenvalue weighted by Crippen LogP contribution is -2.22. The fourth-order valence-corrected chi connectivity index (χ4v) is 2.26. The highest BCUT2D eigenvalue weighted by Gasteiger charge is 2.09. The summed E-state index contributed by atoms with van der Waals surface area (Å²) in [6.45, 7) is 6.03. The van der Waals surface area contributed by atoms with Gasteiger partial charge in [-0.3, -0.25) is 0 Å². The van der Waals surface area contributed by atoms with Gasteiger partial charge in [-0.2, -0.15) is 0 Å². The molecule has 2 aromatic rings. The molecule has 1 unspecified atom stereocenters. The fourth-order valence-electron chi connectivity index (χ4n) is 2.26. The van der Waals surface area contributed by atoms with Crippen molar-refractivity contribution in [2.45, 2.75) is 32.9 Å². The molecule has 19 heavy (non-hydrogen) atoms. The zero-order valence-corrected chi connectivity index (χ0v) is 11.6. The van der Waals surface area contributed by atoms with Crippen molar-refractivity contribution in [1.82, 2.24) is 9.88 Å². The Morgan fingerprint density at radius 1 is 1.26 bits per heavy atom. The highest BCUT2D eigenvalue weighted by atomic mass is 19.1. The van der Waals surface area contributed by atoms with Crippen LogP contribution in [-0.2, 0) is 6.54 Å². The summed E-state index contributed by atoms with van der Waals surface area (Å²) >= 11 is 0. The molecule has 0 bridgehead atoms. The van der Waals surface area contributed by atoms with E-state index in [-0.39, 0.29) is 5.82 Å². The first kappa shape index (κ1) is 13.8. The molecule has 0 fully saturated rings. The molecule has 3 heteroatoms. The molecule has 0 amide bonds. The van der Waals surface area contributed by atoms with E-state index in [9.17, 15) is 4.39 Å². The normalized spacial score (nSPS) is 12.6. The molecule has 0 aliphatic carbocycles. The summed E-state index contributed by atoms with van der Waals surface area (Å²) in [6, 6.07) is 11.2. The predicted octanol–water partition coefficient (Wildman–Crippen LogP) is 3.74. The van der Waals surface area contributed by atoms with Crippen molar-refractivity contribution in [2.75, 3.05) is 6.54 Å². The molecular formula is C16H21FN2. The lowest BCUT2D eigenvalue weighted by atomic mass is 10.2. The summed E-state index contributed by atoms with van der Waals surface area (Å²) < 4.78 is 15.4. The second kappa shape index (κ2) is 6.53. The maximum absolute atomic E-state index is 13.2. The minimum Gasteiger partial charge on any atom is -0.346 e. The minimum absolute atomic E-state index is 0.177. The fraction of sp³-hybridized carbons (Fsp3) is 0.375. The predicted molar refractivity (Wildman–Crippen MR) is 76.6 cm³/mol. The number of hydrogen-bond donors (Lipinski definition) is 1. The van der Waals surface area contributed by atoms with Crippen molar-refractivity contribution in [3.63, 3.8) is 0 Å². The average molecular weight is 260 g/mol. The van der Waals surface area contributed by atoms with Crippen LogP contribution in [0.25, 0.3) is 0 Å². The summed E-state index contributed by atoms with van der Waals surface area (Å²) in [5.74, 6) is -0.177. The molecule has 1 N–H and O–H groups in total. The number of nitrogens with zero attached hydrogens (tertiary/aromatic N) is 1. The van der Waals surface area contributed by atoms with Gasteiger partial charge in [0.05, 0.1) is 0 Å². The van der Waals surface area contributed by atoms with E-state index in [1.807, 2.05) is 18.3 Å². The van der Waals surface area contributed by atoms with Gasteiger partial charge in [0.2, 0.25) is 0 Å². The lowest BCUT2D eigenvalue weighted by molar-refractivity contribution is 0.534. The van der Waals surface area contributed by atoms with E-state index in [4.69, 9.17) is 0 Å². The van der Waals surface area contributed by atoms with Gasteiger partial charge in [0.1, 0.15) is 5.82 Å². The molecule has 0 radical (unpaired) electrons. The van der Waals surface area contributed by atoms with Crippen LogP contribution in [0, 0.1) is 5.82 Å². The second-order valence-electron chi connectivity index (χ2n) is 4.87. The van der Waals surface area contributed by atoms with E-state index in [1.54, 1.807) is 12.1 Å².